The second-order valence-electron chi connectivity index (χ2n) is 29.3. The van der Waals surface area contributed by atoms with Gasteiger partial charge in [0.1, 0.15) is 91.5 Å². The van der Waals surface area contributed by atoms with Crippen molar-refractivity contribution in [1.29, 1.82) is 0 Å². The first-order valence-corrected chi connectivity index (χ1v) is 39.6. The van der Waals surface area contributed by atoms with Crippen LogP contribution in [-0.4, -0.2) is 269 Å². The van der Waals surface area contributed by atoms with Gasteiger partial charge >= 0.3 is 5.97 Å². The highest BCUT2D eigenvalue weighted by Gasteiger charge is 2.58. The molecule has 4 aliphatic rings. The molecule has 4 aliphatic heterocycles. The molecule has 29 nitrogen and oxygen atoms in total. The SMILES string of the molecule is CCCCCCCCCCCCC/C=C/[C@@H](O)[C@H](CO[C@@H]1OC(CO)[C@@H](O[C@@H]2OC(CO)[C@H](O[C@@H]3OC(CO[C@]4(C(=O)O)CC(O)[C@@H](NC(C)=O)C([C@H](O)[C@H](O)CO)O4)[C@H](O)[C@H](O)C3NC(C)=O)[C@H](O)C2O)[C@H](O)C1O)NC(=O)CCCCCCCCCCCCCCCCCCCCCCCCC. The fourth-order valence-electron chi connectivity index (χ4n) is 14.1. The highest BCUT2D eigenvalue weighted by molar-refractivity contribution is 5.77. The van der Waals surface area contributed by atoms with Crippen LogP contribution in [0.2, 0.25) is 0 Å². The first-order valence-electron chi connectivity index (χ1n) is 39.6. The van der Waals surface area contributed by atoms with E-state index in [1.54, 1.807) is 6.08 Å². The van der Waals surface area contributed by atoms with Gasteiger partial charge in [0.2, 0.25) is 17.7 Å². The van der Waals surface area contributed by atoms with E-state index in [-0.39, 0.29) is 12.3 Å². The number of carboxylic acids is 1. The van der Waals surface area contributed by atoms with Crippen molar-refractivity contribution in [3.05, 3.63) is 12.2 Å². The number of aliphatic hydroxyl groups is 13. The third kappa shape index (κ3) is 32.8. The number of amides is 3. The molecule has 0 saturated carbocycles. The maximum absolute atomic E-state index is 13.5. The van der Waals surface area contributed by atoms with Crippen molar-refractivity contribution in [2.24, 2.45) is 0 Å². The number of hydrogen-bond acceptors (Lipinski definition) is 25. The van der Waals surface area contributed by atoms with E-state index in [0.29, 0.717) is 12.8 Å². The predicted octanol–water partition coefficient (Wildman–Crippen LogP) is 4.25. The summed E-state index contributed by atoms with van der Waals surface area (Å²) in [6.45, 7) is 2.08. The molecule has 23 atom stereocenters. The fourth-order valence-corrected chi connectivity index (χ4v) is 14.1. The Bertz CT molecular complexity index is 2320. The number of aliphatic hydroxyl groups excluding tert-OH is 13. The zero-order valence-corrected chi connectivity index (χ0v) is 62.7. The Morgan fingerprint density at radius 3 is 1.37 bits per heavy atom. The predicted molar refractivity (Wildman–Crippen MR) is 383 cm³/mol. The van der Waals surface area contributed by atoms with E-state index in [2.05, 4.69) is 29.8 Å². The molecule has 608 valence electrons. The van der Waals surface area contributed by atoms with Gasteiger partial charge < -0.3 is 125 Å². The van der Waals surface area contributed by atoms with Gasteiger partial charge in [0, 0.05) is 26.7 Å². The first kappa shape index (κ1) is 93.2. The molecular formula is C75H137N3O26. The summed E-state index contributed by atoms with van der Waals surface area (Å²) in [6.07, 6.45) is 9.27. The lowest BCUT2D eigenvalue weighted by atomic mass is 9.88. The minimum atomic E-state index is -2.95. The minimum absolute atomic E-state index is 0.196. The second kappa shape index (κ2) is 52.8. The van der Waals surface area contributed by atoms with Gasteiger partial charge in [0.25, 0.3) is 5.79 Å². The van der Waals surface area contributed by atoms with Crippen LogP contribution in [0.25, 0.3) is 0 Å². The maximum Gasteiger partial charge on any atom is 0.364 e. The van der Waals surface area contributed by atoms with E-state index < -0.39 is 198 Å². The number of carbonyl (C=O) groups excluding carboxylic acids is 3. The number of carbonyl (C=O) groups is 4. The van der Waals surface area contributed by atoms with Crippen LogP contribution in [0.1, 0.15) is 265 Å². The molecule has 104 heavy (non-hydrogen) atoms. The molecule has 8 unspecified atom stereocenters. The van der Waals surface area contributed by atoms with Gasteiger partial charge in [-0.2, -0.15) is 0 Å². The number of allylic oxidation sites excluding steroid dienone is 1. The maximum atomic E-state index is 13.5. The Hall–Kier alpha value is -3.22. The molecule has 0 aliphatic carbocycles. The quantitative estimate of drug-likeness (QED) is 0.0299. The minimum Gasteiger partial charge on any atom is -0.477 e. The molecule has 4 saturated heterocycles. The van der Waals surface area contributed by atoms with Gasteiger partial charge in [-0.05, 0) is 19.3 Å². The van der Waals surface area contributed by atoms with E-state index >= 15 is 0 Å². The number of rotatable bonds is 57. The van der Waals surface area contributed by atoms with Crippen molar-refractivity contribution >= 4 is 23.7 Å². The zero-order chi connectivity index (χ0) is 76.4. The number of carboxylic acid groups (broad SMARTS) is 1. The van der Waals surface area contributed by atoms with Crippen molar-refractivity contribution < 1.29 is 129 Å². The van der Waals surface area contributed by atoms with E-state index in [4.69, 9.17) is 37.9 Å². The summed E-state index contributed by atoms with van der Waals surface area (Å²) in [5.74, 6) is -6.77. The summed E-state index contributed by atoms with van der Waals surface area (Å²) in [6, 6.07) is -4.32. The van der Waals surface area contributed by atoms with E-state index in [1.165, 1.54) is 167 Å². The number of nitrogens with one attached hydrogen (secondary N) is 3. The first-order chi connectivity index (χ1) is 50.0. The van der Waals surface area contributed by atoms with Crippen LogP contribution in [0, 0.1) is 0 Å². The van der Waals surface area contributed by atoms with Crippen LogP contribution in [0.3, 0.4) is 0 Å². The van der Waals surface area contributed by atoms with Crippen LogP contribution in [0.15, 0.2) is 12.2 Å². The summed E-state index contributed by atoms with van der Waals surface area (Å²) in [4.78, 5) is 51.0. The van der Waals surface area contributed by atoms with Crippen molar-refractivity contribution in [3.8, 4) is 0 Å². The Balaban J connectivity index is 1.33. The molecule has 0 aromatic rings. The molecule has 4 rings (SSSR count). The third-order valence-corrected chi connectivity index (χ3v) is 20.5. The van der Waals surface area contributed by atoms with Crippen LogP contribution in [0.4, 0.5) is 0 Å². The summed E-state index contributed by atoms with van der Waals surface area (Å²) in [5.41, 5.74) is 0. The van der Waals surface area contributed by atoms with Gasteiger partial charge in [-0.1, -0.05) is 231 Å². The van der Waals surface area contributed by atoms with Gasteiger partial charge in [-0.15, -0.1) is 0 Å². The lowest BCUT2D eigenvalue weighted by Gasteiger charge is -2.49. The highest BCUT2D eigenvalue weighted by Crippen LogP contribution is 2.37. The van der Waals surface area contributed by atoms with Gasteiger partial charge in [0.15, 0.2) is 18.9 Å². The lowest BCUT2D eigenvalue weighted by molar-refractivity contribution is -0.376. The number of ether oxygens (including phenoxy) is 8. The molecule has 29 heteroatoms. The molecular weight excluding hydrogens is 1360 g/mol. The lowest BCUT2D eigenvalue weighted by Crippen LogP contribution is -2.69. The summed E-state index contributed by atoms with van der Waals surface area (Å²) in [7, 11) is 0. The van der Waals surface area contributed by atoms with E-state index in [1.807, 2.05) is 6.08 Å². The second-order valence-corrected chi connectivity index (χ2v) is 29.3. The standard InChI is InChI=1S/C75H137N3O26/c1-5-7-9-11-13-15-17-19-20-21-22-23-24-25-26-27-28-30-32-34-36-38-40-42-58(87)78-51(52(84)41-39-37-35-33-31-29-18-16-14-12-10-8-6-2)47-97-72-66(93)64(91)69(55(45-80)99-72)103-73-67(94)65(92)68(56(46-81)100-73)102-71-60(77-50(4)83)63(90)62(89)57(101-71)48-98-75(74(95)96)43-53(85)59(76-49(3)82)70(104-75)61(88)54(86)44-79/h39,41,51-57,59-73,79-81,84-86,88-94H,5-38,40,42-48H2,1-4H3,(H,76,82)(H,77,83)(H,78,87)(H,95,96)/b41-39+/t51-,52+,53?,54+,55?,56?,57?,59+,60?,61+,62-,63+,64+,65+,66?,67?,68-,69+,70?,71-,72+,73-,75+/m0/s1. The zero-order valence-electron chi connectivity index (χ0n) is 62.7. The smallest absolute Gasteiger partial charge is 0.364 e. The number of hydrogen-bond donors (Lipinski definition) is 17. The van der Waals surface area contributed by atoms with Gasteiger partial charge in [-0.3, -0.25) is 14.4 Å². The molecule has 0 aromatic carbocycles. The van der Waals surface area contributed by atoms with E-state index in [9.17, 15) is 90.7 Å². The molecule has 3 amide bonds. The van der Waals surface area contributed by atoms with Crippen LogP contribution < -0.4 is 16.0 Å². The normalized spacial score (nSPS) is 30.8. The molecule has 0 spiro atoms. The van der Waals surface area contributed by atoms with Crippen LogP contribution in [0.5, 0.6) is 0 Å². The monoisotopic (exact) mass is 1500 g/mol. The molecule has 0 bridgehead atoms. The number of unbranched alkanes of at least 4 members (excludes halogenated alkanes) is 33. The van der Waals surface area contributed by atoms with Gasteiger partial charge in [0.05, 0.1) is 57.3 Å². The average molecular weight is 1500 g/mol. The molecule has 0 aromatic heterocycles. The van der Waals surface area contributed by atoms with E-state index in [0.717, 1.165) is 58.8 Å². The summed E-state index contributed by atoms with van der Waals surface area (Å²) >= 11 is 0. The van der Waals surface area contributed by atoms with Crippen LogP contribution in [-0.2, 0) is 57.1 Å². The third-order valence-electron chi connectivity index (χ3n) is 20.5. The summed E-state index contributed by atoms with van der Waals surface area (Å²) in [5, 5.41) is 162. The van der Waals surface area contributed by atoms with Crippen molar-refractivity contribution in [3.63, 3.8) is 0 Å². The molecule has 0 radical (unpaired) electrons. The topological polar surface area (TPSA) is 461 Å². The van der Waals surface area contributed by atoms with Crippen LogP contribution >= 0.6 is 0 Å². The number of aliphatic carboxylic acids is 1. The fraction of sp³-hybridized carbons (Fsp3) is 0.920. The Morgan fingerprint density at radius 1 is 0.510 bits per heavy atom. The van der Waals surface area contributed by atoms with Crippen molar-refractivity contribution in [2.45, 2.75) is 406 Å². The molecule has 4 heterocycles. The molecule has 17 N–H and O–H groups in total. The summed E-state index contributed by atoms with van der Waals surface area (Å²) < 4.78 is 46.9. The Morgan fingerprint density at radius 2 is 0.923 bits per heavy atom. The Kier molecular flexibility index (Phi) is 47.3. The molecule has 4 fully saturated rings. The van der Waals surface area contributed by atoms with Gasteiger partial charge in [-0.25, -0.2) is 4.79 Å². The largest absolute Gasteiger partial charge is 0.477 e. The highest BCUT2D eigenvalue weighted by atomic mass is 16.8. The van der Waals surface area contributed by atoms with Crippen molar-refractivity contribution in [2.75, 3.05) is 33.0 Å². The van der Waals surface area contributed by atoms with Crippen molar-refractivity contribution in [1.82, 2.24) is 16.0 Å². The Labute approximate surface area is 616 Å². The average Bonchev–Trinajstić information content (AvgIpc) is 0.778.